The molecule has 244 valence electrons. The summed E-state index contributed by atoms with van der Waals surface area (Å²) in [4.78, 5) is 30.1. The van der Waals surface area contributed by atoms with Crippen molar-refractivity contribution in [2.24, 2.45) is 0 Å². The summed E-state index contributed by atoms with van der Waals surface area (Å²) in [5.74, 6) is 1.03. The molecule has 8 rings (SSSR count). The number of rotatable bonds is 8. The number of nitrogens with one attached hydrogen (secondary N) is 1. The molecule has 1 N–H and O–H groups in total. The van der Waals surface area contributed by atoms with Crippen LogP contribution in [0.1, 0.15) is 35.1 Å². The number of oxazole rings is 1. The second-order valence-electron chi connectivity index (χ2n) is 12.5. The number of pyridine rings is 2. The number of amides is 1. The Labute approximate surface area is 287 Å². The summed E-state index contributed by atoms with van der Waals surface area (Å²) < 4.78 is 11.3. The van der Waals surface area contributed by atoms with Crippen LogP contribution in [-0.4, -0.2) is 57.1 Å². The van der Waals surface area contributed by atoms with Gasteiger partial charge in [0.05, 0.1) is 29.4 Å². The first-order valence-corrected chi connectivity index (χ1v) is 16.7. The fraction of sp³-hybridized carbons (Fsp3) is 0.237. The number of ether oxygens (including phenoxy) is 1. The van der Waals surface area contributed by atoms with E-state index in [-0.39, 0.29) is 6.09 Å². The van der Waals surface area contributed by atoms with Gasteiger partial charge in [-0.3, -0.25) is 9.88 Å². The molecule has 1 amide bonds. The zero-order valence-electron chi connectivity index (χ0n) is 26.9. The quantitative estimate of drug-likeness (QED) is 0.171. The highest BCUT2D eigenvalue weighted by atomic mass is 35.5. The summed E-state index contributed by atoms with van der Waals surface area (Å²) in [5, 5.41) is 14.8. The maximum absolute atomic E-state index is 11.9. The van der Waals surface area contributed by atoms with E-state index in [1.807, 2.05) is 67.6 Å². The molecular formula is C38H32ClN7O3. The van der Waals surface area contributed by atoms with Crippen molar-refractivity contribution in [1.82, 2.24) is 24.8 Å². The predicted octanol–water partition coefficient (Wildman–Crippen LogP) is 8.23. The van der Waals surface area contributed by atoms with E-state index in [9.17, 15) is 10.1 Å². The number of cyclic esters (lactones) is 1. The fourth-order valence-corrected chi connectivity index (χ4v) is 7.05. The first-order valence-electron chi connectivity index (χ1n) is 16.3. The fourth-order valence-electron chi connectivity index (χ4n) is 6.78. The summed E-state index contributed by atoms with van der Waals surface area (Å²) in [6.07, 6.45) is 5.58. The third kappa shape index (κ3) is 5.92. The lowest BCUT2D eigenvalue weighted by Crippen LogP contribution is -2.23. The highest BCUT2D eigenvalue weighted by molar-refractivity contribution is 6.36. The predicted molar refractivity (Wildman–Crippen MR) is 188 cm³/mol. The molecule has 0 spiro atoms. The number of anilines is 2. The van der Waals surface area contributed by atoms with E-state index in [4.69, 9.17) is 25.7 Å². The number of hydrogen-bond acceptors (Lipinski definition) is 9. The molecule has 10 nitrogen and oxygen atoms in total. The third-order valence-electron chi connectivity index (χ3n) is 9.26. The topological polar surface area (TPSA) is 120 Å². The summed E-state index contributed by atoms with van der Waals surface area (Å²) in [5.41, 5.74) is 8.55. The molecular weight excluding hydrogens is 638 g/mol. The van der Waals surface area contributed by atoms with Crippen LogP contribution in [0.4, 0.5) is 16.3 Å². The number of carbonyl (C=O) groups is 1. The number of nitriles is 1. The Morgan fingerprint density at radius 1 is 0.959 bits per heavy atom. The van der Waals surface area contributed by atoms with Gasteiger partial charge in [-0.1, -0.05) is 35.9 Å². The van der Waals surface area contributed by atoms with Crippen LogP contribution < -0.4 is 5.32 Å². The molecule has 0 atom stereocenters. The maximum atomic E-state index is 11.9. The summed E-state index contributed by atoms with van der Waals surface area (Å²) in [6, 6.07) is 22.0. The molecule has 2 fully saturated rings. The first kappa shape index (κ1) is 30.8. The average molecular weight is 670 g/mol. The Morgan fingerprint density at radius 2 is 1.78 bits per heavy atom. The Morgan fingerprint density at radius 3 is 2.59 bits per heavy atom. The Hall–Kier alpha value is -5.50. The molecule has 2 aliphatic rings. The number of halogens is 1. The van der Waals surface area contributed by atoms with Crippen LogP contribution in [-0.2, 0) is 17.8 Å². The number of aromatic nitrogens is 3. The average Bonchev–Trinajstić information content (AvgIpc) is 3.88. The second kappa shape index (κ2) is 12.8. The minimum Gasteiger partial charge on any atom is -0.448 e. The number of hydrogen-bond donors (Lipinski definition) is 1. The standard InChI is InChI=1S/C38H32ClN7O3/c1-23-28(6-4-7-29(23)37-44-32-18-24(21-45-12-2-3-13-45)16-27(19-40)35(32)49-37)30-8-5-9-31(33(30)39)43-36-34-26(10-11-41-36)17-25(20-42-34)22-46-14-15-48-38(46)47/h4-11,16-18,20H,2-3,12-15,21-22H2,1H3,(H,41,43). The minimum atomic E-state index is -0.309. The highest BCUT2D eigenvalue weighted by Crippen LogP contribution is 2.40. The van der Waals surface area contributed by atoms with E-state index in [1.165, 1.54) is 12.8 Å². The van der Waals surface area contributed by atoms with Crippen molar-refractivity contribution in [3.8, 4) is 28.7 Å². The van der Waals surface area contributed by atoms with E-state index in [1.54, 1.807) is 17.3 Å². The number of nitrogens with zero attached hydrogens (tertiary/aromatic N) is 6. The lowest BCUT2D eigenvalue weighted by atomic mass is 9.96. The molecule has 49 heavy (non-hydrogen) atoms. The van der Waals surface area contributed by atoms with Gasteiger partial charge in [0.1, 0.15) is 23.7 Å². The molecule has 0 bridgehead atoms. The van der Waals surface area contributed by atoms with Crippen molar-refractivity contribution in [2.75, 3.05) is 31.6 Å². The Balaban J connectivity index is 1.09. The van der Waals surface area contributed by atoms with Crippen LogP contribution in [0.3, 0.4) is 0 Å². The Kier molecular flexibility index (Phi) is 8.07. The van der Waals surface area contributed by atoms with E-state index >= 15 is 0 Å². The van der Waals surface area contributed by atoms with E-state index < -0.39 is 0 Å². The van der Waals surface area contributed by atoms with Gasteiger partial charge in [-0.25, -0.2) is 14.8 Å². The first-order chi connectivity index (χ1) is 23.9. The van der Waals surface area contributed by atoms with Crippen molar-refractivity contribution in [3.63, 3.8) is 0 Å². The van der Waals surface area contributed by atoms with Crippen molar-refractivity contribution in [1.29, 1.82) is 5.26 Å². The van der Waals surface area contributed by atoms with Gasteiger partial charge in [-0.05, 0) is 91.5 Å². The van der Waals surface area contributed by atoms with Crippen molar-refractivity contribution < 1.29 is 13.9 Å². The second-order valence-corrected chi connectivity index (χ2v) is 12.9. The smallest absolute Gasteiger partial charge is 0.410 e. The lowest BCUT2D eigenvalue weighted by molar-refractivity contribution is 0.157. The third-order valence-corrected chi connectivity index (χ3v) is 9.66. The minimum absolute atomic E-state index is 0.309. The van der Waals surface area contributed by atoms with Gasteiger partial charge in [0.25, 0.3) is 0 Å². The molecule has 0 radical (unpaired) electrons. The normalized spacial score (nSPS) is 14.9. The van der Waals surface area contributed by atoms with E-state index in [0.29, 0.717) is 64.3 Å². The molecule has 11 heteroatoms. The van der Waals surface area contributed by atoms with Crippen LogP contribution >= 0.6 is 11.6 Å². The number of likely N-dealkylation sites (tertiary alicyclic amines) is 1. The van der Waals surface area contributed by atoms with Gasteiger partial charge in [0.15, 0.2) is 11.4 Å². The molecule has 5 heterocycles. The van der Waals surface area contributed by atoms with Crippen LogP contribution in [0.15, 0.2) is 77.5 Å². The molecule has 0 aliphatic carbocycles. The Bertz CT molecular complexity index is 2290. The largest absolute Gasteiger partial charge is 0.448 e. The maximum Gasteiger partial charge on any atom is 0.410 e. The number of carbonyl (C=O) groups excluding carboxylic acids is 1. The summed E-state index contributed by atoms with van der Waals surface area (Å²) >= 11 is 7.10. The van der Waals surface area contributed by atoms with Crippen LogP contribution in [0.25, 0.3) is 44.6 Å². The van der Waals surface area contributed by atoms with Gasteiger partial charge in [0.2, 0.25) is 5.89 Å². The van der Waals surface area contributed by atoms with Crippen molar-refractivity contribution in [3.05, 3.63) is 100 Å². The molecule has 0 saturated carbocycles. The SMILES string of the molecule is Cc1c(-c2nc3cc(CN4CCCC4)cc(C#N)c3o2)cccc1-c1cccc(Nc2nccc3cc(CN4CCOC4=O)cnc23)c1Cl. The van der Waals surface area contributed by atoms with Crippen LogP contribution in [0.2, 0.25) is 5.02 Å². The van der Waals surface area contributed by atoms with E-state index in [2.05, 4.69) is 26.3 Å². The monoisotopic (exact) mass is 669 g/mol. The molecule has 3 aromatic carbocycles. The molecule has 3 aromatic heterocycles. The van der Waals surface area contributed by atoms with Gasteiger partial charge in [-0.2, -0.15) is 5.26 Å². The molecule has 0 unspecified atom stereocenters. The zero-order chi connectivity index (χ0) is 33.5. The van der Waals surface area contributed by atoms with Gasteiger partial charge >= 0.3 is 6.09 Å². The number of fused-ring (bicyclic) bond motifs is 2. The van der Waals surface area contributed by atoms with E-state index in [0.717, 1.165) is 58.4 Å². The molecule has 2 saturated heterocycles. The van der Waals surface area contributed by atoms with Crippen LogP contribution in [0.5, 0.6) is 0 Å². The summed E-state index contributed by atoms with van der Waals surface area (Å²) in [7, 11) is 0. The zero-order valence-corrected chi connectivity index (χ0v) is 27.6. The highest BCUT2D eigenvalue weighted by Gasteiger charge is 2.23. The van der Waals surface area contributed by atoms with Crippen molar-refractivity contribution >= 4 is 51.2 Å². The lowest BCUT2D eigenvalue weighted by Gasteiger charge is -2.16. The molecule has 2 aliphatic heterocycles. The summed E-state index contributed by atoms with van der Waals surface area (Å²) in [6.45, 7) is 6.37. The van der Waals surface area contributed by atoms with Crippen LogP contribution in [0, 0.1) is 18.3 Å². The van der Waals surface area contributed by atoms with Crippen molar-refractivity contribution in [2.45, 2.75) is 32.9 Å². The van der Waals surface area contributed by atoms with Gasteiger partial charge in [-0.15, -0.1) is 0 Å². The van der Waals surface area contributed by atoms with Gasteiger partial charge in [0, 0.05) is 35.5 Å². The van der Waals surface area contributed by atoms with Gasteiger partial charge < -0.3 is 19.4 Å². The molecule has 6 aromatic rings. The number of benzene rings is 3.